The van der Waals surface area contributed by atoms with Gasteiger partial charge in [0.15, 0.2) is 5.82 Å². The first-order valence-corrected chi connectivity index (χ1v) is 9.50. The molecule has 0 saturated carbocycles. The van der Waals surface area contributed by atoms with Gasteiger partial charge in [-0.25, -0.2) is 14.3 Å². The number of para-hydroxylation sites is 1. The second-order valence-electron chi connectivity index (χ2n) is 6.63. The summed E-state index contributed by atoms with van der Waals surface area (Å²) >= 11 is 0. The Balaban J connectivity index is 1.44. The Labute approximate surface area is 177 Å². The zero-order valence-electron chi connectivity index (χ0n) is 16.2. The minimum atomic E-state index is -0.401. The first kappa shape index (κ1) is 18.4. The summed E-state index contributed by atoms with van der Waals surface area (Å²) in [5, 5.41) is 18.4. The van der Waals surface area contributed by atoms with Gasteiger partial charge < -0.3 is 5.32 Å². The molecule has 5 aromatic rings. The first-order chi connectivity index (χ1) is 15.3. The molecule has 1 amide bonds. The highest BCUT2D eigenvalue weighted by molar-refractivity contribution is 6.01. The van der Waals surface area contributed by atoms with Crippen molar-refractivity contribution < 1.29 is 4.79 Å². The van der Waals surface area contributed by atoms with Crippen LogP contribution in [0.3, 0.4) is 0 Å². The maximum atomic E-state index is 12.9. The molecule has 150 valence electrons. The molecule has 2 heterocycles. The number of carbonyl (C=O) groups is 1. The highest BCUT2D eigenvalue weighted by Crippen LogP contribution is 2.21. The Morgan fingerprint density at radius 2 is 1.52 bits per heavy atom. The first-order valence-electron chi connectivity index (χ1n) is 9.50. The van der Waals surface area contributed by atoms with Gasteiger partial charge in [-0.3, -0.25) is 4.79 Å². The number of amides is 1. The van der Waals surface area contributed by atoms with Crippen molar-refractivity contribution in [2.45, 2.75) is 0 Å². The predicted molar refractivity (Wildman–Crippen MR) is 114 cm³/mol. The van der Waals surface area contributed by atoms with E-state index in [2.05, 4.69) is 30.9 Å². The molecule has 9 heteroatoms. The number of hydrogen-bond donors (Lipinski definition) is 1. The van der Waals surface area contributed by atoms with Crippen LogP contribution < -0.4 is 5.32 Å². The molecule has 3 aromatic carbocycles. The van der Waals surface area contributed by atoms with Crippen LogP contribution >= 0.6 is 0 Å². The maximum Gasteiger partial charge on any atom is 0.295 e. The third-order valence-corrected chi connectivity index (χ3v) is 4.58. The van der Waals surface area contributed by atoms with Crippen molar-refractivity contribution in [2.75, 3.05) is 5.32 Å². The fraction of sp³-hybridized carbons (Fsp3) is 0. The largest absolute Gasteiger partial charge is 0.319 e. The smallest absolute Gasteiger partial charge is 0.295 e. The molecule has 0 fully saturated rings. The molecule has 2 aromatic heterocycles. The fourth-order valence-electron chi connectivity index (χ4n) is 3.10. The number of carbonyl (C=O) groups excluding carboxylic acids is 1. The number of aromatic nitrogens is 7. The molecular formula is C22H16N8O. The van der Waals surface area contributed by atoms with Gasteiger partial charge in [0.25, 0.3) is 5.91 Å². The van der Waals surface area contributed by atoms with Gasteiger partial charge in [0.05, 0.1) is 11.4 Å². The monoisotopic (exact) mass is 408 g/mol. The molecule has 0 unspecified atom stereocenters. The lowest BCUT2D eigenvalue weighted by atomic mass is 10.2. The van der Waals surface area contributed by atoms with Crippen LogP contribution in [0.5, 0.6) is 0 Å². The number of anilines is 1. The SMILES string of the molecule is O=C(Nc1ccc(-n2cnnn2)cc1)c1nc(-c2ccccc2)n(-c2ccccc2)n1. The van der Waals surface area contributed by atoms with Gasteiger partial charge in [-0.05, 0) is 46.8 Å². The number of nitrogens with zero attached hydrogens (tertiary/aromatic N) is 7. The Hall–Kier alpha value is -4.66. The van der Waals surface area contributed by atoms with E-state index in [1.165, 1.54) is 11.0 Å². The van der Waals surface area contributed by atoms with Crippen molar-refractivity contribution in [3.05, 3.63) is 97.1 Å². The van der Waals surface area contributed by atoms with E-state index in [1.807, 2.05) is 60.7 Å². The quantitative estimate of drug-likeness (QED) is 0.479. The standard InChI is InChI=1S/C22H16N8O/c31-22(24-17-11-13-18(14-12-17)29-15-23-27-28-29)20-25-21(16-7-3-1-4-8-16)30(26-20)19-9-5-2-6-10-19/h1-15H,(H,24,31). The average molecular weight is 408 g/mol. The maximum absolute atomic E-state index is 12.9. The summed E-state index contributed by atoms with van der Waals surface area (Å²) in [4.78, 5) is 17.4. The van der Waals surface area contributed by atoms with Crippen LogP contribution in [0, 0.1) is 0 Å². The number of nitrogens with one attached hydrogen (secondary N) is 1. The van der Waals surface area contributed by atoms with Crippen molar-refractivity contribution >= 4 is 11.6 Å². The average Bonchev–Trinajstić information content (AvgIpc) is 3.52. The van der Waals surface area contributed by atoms with E-state index in [4.69, 9.17) is 0 Å². The highest BCUT2D eigenvalue weighted by Gasteiger charge is 2.19. The Morgan fingerprint density at radius 3 is 2.19 bits per heavy atom. The van der Waals surface area contributed by atoms with Gasteiger partial charge in [0.2, 0.25) is 5.82 Å². The lowest BCUT2D eigenvalue weighted by Gasteiger charge is -2.05. The second kappa shape index (κ2) is 7.99. The molecule has 0 bridgehead atoms. The van der Waals surface area contributed by atoms with Crippen molar-refractivity contribution in [2.24, 2.45) is 0 Å². The molecule has 0 aliphatic carbocycles. The van der Waals surface area contributed by atoms with E-state index in [9.17, 15) is 4.79 Å². The number of benzene rings is 3. The van der Waals surface area contributed by atoms with Gasteiger partial charge >= 0.3 is 0 Å². The molecule has 5 rings (SSSR count). The van der Waals surface area contributed by atoms with Crippen LogP contribution in [0.4, 0.5) is 5.69 Å². The molecule has 0 radical (unpaired) electrons. The third kappa shape index (κ3) is 3.79. The van der Waals surface area contributed by atoms with Crippen LogP contribution in [0.2, 0.25) is 0 Å². The van der Waals surface area contributed by atoms with Crippen molar-refractivity contribution in [1.82, 2.24) is 35.0 Å². The van der Waals surface area contributed by atoms with Crippen LogP contribution in [0.1, 0.15) is 10.6 Å². The summed E-state index contributed by atoms with van der Waals surface area (Å²) in [6.45, 7) is 0. The summed E-state index contributed by atoms with van der Waals surface area (Å²) in [7, 11) is 0. The molecule has 9 nitrogen and oxygen atoms in total. The zero-order valence-corrected chi connectivity index (χ0v) is 16.2. The van der Waals surface area contributed by atoms with Crippen molar-refractivity contribution in [3.63, 3.8) is 0 Å². The topological polar surface area (TPSA) is 103 Å². The fourth-order valence-corrected chi connectivity index (χ4v) is 3.10. The van der Waals surface area contributed by atoms with Crippen LogP contribution in [0.15, 0.2) is 91.3 Å². The van der Waals surface area contributed by atoms with Crippen molar-refractivity contribution in [3.8, 4) is 22.8 Å². The summed E-state index contributed by atoms with van der Waals surface area (Å²) in [6, 6.07) is 26.4. The van der Waals surface area contributed by atoms with E-state index in [0.717, 1.165) is 16.9 Å². The molecule has 31 heavy (non-hydrogen) atoms. The van der Waals surface area contributed by atoms with Gasteiger partial charge in [-0.1, -0.05) is 48.5 Å². The summed E-state index contributed by atoms with van der Waals surface area (Å²) < 4.78 is 3.20. The molecule has 0 aliphatic heterocycles. The summed E-state index contributed by atoms with van der Waals surface area (Å²) in [6.07, 6.45) is 1.50. The Bertz CT molecular complexity index is 1240. The van der Waals surface area contributed by atoms with Gasteiger partial charge in [0, 0.05) is 11.3 Å². The van der Waals surface area contributed by atoms with Crippen LogP contribution in [-0.2, 0) is 0 Å². The normalized spacial score (nSPS) is 10.7. The van der Waals surface area contributed by atoms with Gasteiger partial charge in [-0.2, -0.15) is 0 Å². The molecule has 0 aliphatic rings. The van der Waals surface area contributed by atoms with E-state index in [-0.39, 0.29) is 5.82 Å². The number of rotatable bonds is 5. The van der Waals surface area contributed by atoms with E-state index < -0.39 is 5.91 Å². The van der Waals surface area contributed by atoms with E-state index >= 15 is 0 Å². The lowest BCUT2D eigenvalue weighted by molar-refractivity contribution is 0.101. The summed E-state index contributed by atoms with van der Waals surface area (Å²) in [5.41, 5.74) is 3.07. The minimum absolute atomic E-state index is 0.0762. The molecule has 1 N–H and O–H groups in total. The van der Waals surface area contributed by atoms with Gasteiger partial charge in [-0.15, -0.1) is 10.2 Å². The molecular weight excluding hydrogens is 392 g/mol. The van der Waals surface area contributed by atoms with Gasteiger partial charge in [0.1, 0.15) is 6.33 Å². The van der Waals surface area contributed by atoms with E-state index in [0.29, 0.717) is 11.5 Å². The minimum Gasteiger partial charge on any atom is -0.319 e. The third-order valence-electron chi connectivity index (χ3n) is 4.58. The second-order valence-corrected chi connectivity index (χ2v) is 6.63. The Morgan fingerprint density at radius 1 is 0.806 bits per heavy atom. The molecule has 0 atom stereocenters. The highest BCUT2D eigenvalue weighted by atomic mass is 16.2. The molecule has 0 spiro atoms. The predicted octanol–water partition coefficient (Wildman–Crippen LogP) is 3.16. The van der Waals surface area contributed by atoms with E-state index in [1.54, 1.807) is 28.9 Å². The zero-order chi connectivity index (χ0) is 21.0. The van der Waals surface area contributed by atoms with Crippen molar-refractivity contribution in [1.29, 1.82) is 0 Å². The van der Waals surface area contributed by atoms with Crippen LogP contribution in [0.25, 0.3) is 22.8 Å². The molecule has 0 saturated heterocycles. The number of tetrazole rings is 1. The van der Waals surface area contributed by atoms with Crippen LogP contribution in [-0.4, -0.2) is 40.9 Å². The lowest BCUT2D eigenvalue weighted by Crippen LogP contribution is -2.14. The summed E-state index contributed by atoms with van der Waals surface area (Å²) in [5.74, 6) is 0.264. The Kier molecular flexibility index (Phi) is 4.74. The number of hydrogen-bond acceptors (Lipinski definition) is 6.